The summed E-state index contributed by atoms with van der Waals surface area (Å²) in [5, 5.41) is 11.5. The second kappa shape index (κ2) is 10.2. The molecule has 1 atom stereocenters. The molecule has 1 fully saturated rings. The van der Waals surface area contributed by atoms with Gasteiger partial charge in [-0.05, 0) is 36.2 Å². The van der Waals surface area contributed by atoms with Gasteiger partial charge in [0.05, 0.1) is 36.4 Å². The molecule has 1 N–H and O–H groups in total. The van der Waals surface area contributed by atoms with Gasteiger partial charge in [-0.1, -0.05) is 65.2 Å². The molecule has 0 aromatic heterocycles. The molecular weight excluding hydrogens is 508 g/mol. The predicted octanol–water partition coefficient (Wildman–Crippen LogP) is 6.08. The third-order valence-electron chi connectivity index (χ3n) is 5.96. The SMILES string of the molecule is COc1c(Cl)cc(/C(O)=C2\C(=O)C(=O)N(Cc3ccc(F)cc3)C2c2cccc(C)c2)c(OC)c1Cl. The summed E-state index contributed by atoms with van der Waals surface area (Å²) >= 11 is 12.7. The third kappa shape index (κ3) is 4.52. The van der Waals surface area contributed by atoms with Crippen LogP contribution in [0.25, 0.3) is 5.76 Å². The molecule has 9 heteroatoms. The number of ketones is 1. The Labute approximate surface area is 217 Å². The number of nitrogens with zero attached hydrogens (tertiary/aromatic N) is 1. The van der Waals surface area contributed by atoms with Crippen molar-refractivity contribution in [1.29, 1.82) is 0 Å². The maximum atomic E-state index is 13.5. The van der Waals surface area contributed by atoms with E-state index in [-0.39, 0.29) is 39.2 Å². The van der Waals surface area contributed by atoms with Gasteiger partial charge < -0.3 is 19.5 Å². The zero-order chi connectivity index (χ0) is 26.1. The summed E-state index contributed by atoms with van der Waals surface area (Å²) in [6.07, 6.45) is 0. The molecule has 3 aromatic rings. The summed E-state index contributed by atoms with van der Waals surface area (Å²) in [6.45, 7) is 1.89. The van der Waals surface area contributed by atoms with Crippen LogP contribution in [0.3, 0.4) is 0 Å². The Morgan fingerprint density at radius 1 is 1.03 bits per heavy atom. The van der Waals surface area contributed by atoms with Gasteiger partial charge in [0.1, 0.15) is 16.6 Å². The molecule has 6 nitrogen and oxygen atoms in total. The van der Waals surface area contributed by atoms with Crippen molar-refractivity contribution in [1.82, 2.24) is 4.90 Å². The average molecular weight is 530 g/mol. The van der Waals surface area contributed by atoms with E-state index in [2.05, 4.69) is 0 Å². The fourth-order valence-electron chi connectivity index (χ4n) is 4.31. The minimum Gasteiger partial charge on any atom is -0.507 e. The van der Waals surface area contributed by atoms with Crippen molar-refractivity contribution < 1.29 is 28.6 Å². The molecule has 186 valence electrons. The van der Waals surface area contributed by atoms with Crippen molar-refractivity contribution in [3.05, 3.63) is 98.3 Å². The summed E-state index contributed by atoms with van der Waals surface area (Å²) in [5.74, 6) is -2.44. The van der Waals surface area contributed by atoms with Crippen LogP contribution in [-0.4, -0.2) is 35.9 Å². The number of aliphatic hydroxyl groups excluding tert-OH is 1. The van der Waals surface area contributed by atoms with Crippen molar-refractivity contribution >= 4 is 40.7 Å². The first kappa shape index (κ1) is 25.5. The molecule has 4 rings (SSSR count). The number of Topliss-reactive ketones (excluding diaryl/α,β-unsaturated/α-hetero) is 1. The number of benzene rings is 3. The molecule has 0 radical (unpaired) electrons. The maximum Gasteiger partial charge on any atom is 0.295 e. The predicted molar refractivity (Wildman–Crippen MR) is 135 cm³/mol. The molecule has 0 bridgehead atoms. The first-order chi connectivity index (χ1) is 17.2. The van der Waals surface area contributed by atoms with E-state index in [1.165, 1.54) is 49.5 Å². The highest BCUT2D eigenvalue weighted by Gasteiger charge is 2.46. The van der Waals surface area contributed by atoms with Gasteiger partial charge in [-0.15, -0.1) is 0 Å². The molecule has 3 aromatic carbocycles. The number of hydrogen-bond donors (Lipinski definition) is 1. The first-order valence-electron chi connectivity index (χ1n) is 10.9. The van der Waals surface area contributed by atoms with E-state index in [9.17, 15) is 19.1 Å². The van der Waals surface area contributed by atoms with Gasteiger partial charge in [0.2, 0.25) is 0 Å². The fraction of sp³-hybridized carbons (Fsp3) is 0.185. The molecule has 1 heterocycles. The lowest BCUT2D eigenvalue weighted by Gasteiger charge is -2.26. The van der Waals surface area contributed by atoms with Crippen LogP contribution in [0.2, 0.25) is 10.0 Å². The van der Waals surface area contributed by atoms with E-state index < -0.39 is 29.3 Å². The van der Waals surface area contributed by atoms with E-state index in [4.69, 9.17) is 32.7 Å². The Morgan fingerprint density at radius 3 is 2.31 bits per heavy atom. The zero-order valence-corrected chi connectivity index (χ0v) is 21.2. The van der Waals surface area contributed by atoms with E-state index in [0.717, 1.165) is 5.56 Å². The maximum absolute atomic E-state index is 13.5. The van der Waals surface area contributed by atoms with Crippen LogP contribution in [0.1, 0.15) is 28.3 Å². The minimum atomic E-state index is -0.931. The normalized spacial score (nSPS) is 16.9. The highest BCUT2D eigenvalue weighted by atomic mass is 35.5. The fourth-order valence-corrected chi connectivity index (χ4v) is 5.00. The van der Waals surface area contributed by atoms with Crippen molar-refractivity contribution in [3.8, 4) is 11.5 Å². The molecule has 1 amide bonds. The lowest BCUT2D eigenvalue weighted by Crippen LogP contribution is -2.29. The van der Waals surface area contributed by atoms with Gasteiger partial charge in [0, 0.05) is 6.54 Å². The second-order valence-corrected chi connectivity index (χ2v) is 9.04. The van der Waals surface area contributed by atoms with Gasteiger partial charge in [-0.2, -0.15) is 0 Å². The van der Waals surface area contributed by atoms with Crippen LogP contribution < -0.4 is 9.47 Å². The number of methoxy groups -OCH3 is 2. The van der Waals surface area contributed by atoms with Crippen LogP contribution in [0.5, 0.6) is 11.5 Å². The quantitative estimate of drug-likeness (QED) is 0.238. The lowest BCUT2D eigenvalue weighted by atomic mass is 9.94. The van der Waals surface area contributed by atoms with E-state index >= 15 is 0 Å². The van der Waals surface area contributed by atoms with Gasteiger partial charge in [-0.3, -0.25) is 9.59 Å². The molecule has 0 aliphatic carbocycles. The van der Waals surface area contributed by atoms with E-state index in [1.807, 2.05) is 19.1 Å². The number of carbonyl (C=O) groups is 2. The summed E-state index contributed by atoms with van der Waals surface area (Å²) in [5.41, 5.74) is 2.01. The number of aliphatic hydroxyl groups is 1. The monoisotopic (exact) mass is 529 g/mol. The van der Waals surface area contributed by atoms with Crippen LogP contribution in [0, 0.1) is 12.7 Å². The Balaban J connectivity index is 1.94. The third-order valence-corrected chi connectivity index (χ3v) is 6.58. The smallest absolute Gasteiger partial charge is 0.295 e. The van der Waals surface area contributed by atoms with Crippen LogP contribution in [0.4, 0.5) is 4.39 Å². The highest BCUT2D eigenvalue weighted by Crippen LogP contribution is 2.47. The highest BCUT2D eigenvalue weighted by molar-refractivity contribution is 6.47. The van der Waals surface area contributed by atoms with Crippen molar-refractivity contribution in [2.75, 3.05) is 14.2 Å². The van der Waals surface area contributed by atoms with Crippen molar-refractivity contribution in [3.63, 3.8) is 0 Å². The zero-order valence-electron chi connectivity index (χ0n) is 19.6. The number of rotatable bonds is 6. The minimum absolute atomic E-state index is 0.00157. The molecule has 36 heavy (non-hydrogen) atoms. The molecule has 1 aliphatic rings. The second-order valence-electron chi connectivity index (χ2n) is 8.25. The molecule has 0 saturated carbocycles. The summed E-state index contributed by atoms with van der Waals surface area (Å²) in [4.78, 5) is 27.9. The Morgan fingerprint density at radius 2 is 1.69 bits per heavy atom. The molecule has 1 aliphatic heterocycles. The van der Waals surface area contributed by atoms with E-state index in [1.54, 1.807) is 12.1 Å². The number of halogens is 3. The van der Waals surface area contributed by atoms with E-state index in [0.29, 0.717) is 11.1 Å². The van der Waals surface area contributed by atoms with Gasteiger partial charge in [0.15, 0.2) is 11.5 Å². The van der Waals surface area contributed by atoms with Crippen LogP contribution in [0.15, 0.2) is 60.2 Å². The first-order valence-corrected chi connectivity index (χ1v) is 11.6. The number of amides is 1. The molecule has 0 spiro atoms. The summed E-state index contributed by atoms with van der Waals surface area (Å²) in [7, 11) is 2.72. The lowest BCUT2D eigenvalue weighted by molar-refractivity contribution is -0.140. The Hall–Kier alpha value is -3.55. The van der Waals surface area contributed by atoms with Gasteiger partial charge in [0.25, 0.3) is 11.7 Å². The number of hydrogen-bond acceptors (Lipinski definition) is 5. The average Bonchev–Trinajstić information content (AvgIpc) is 3.10. The molecular formula is C27H22Cl2FNO5. The van der Waals surface area contributed by atoms with Crippen LogP contribution in [-0.2, 0) is 16.1 Å². The Bertz CT molecular complexity index is 1390. The summed E-state index contributed by atoms with van der Waals surface area (Å²) in [6, 6.07) is 13.3. The van der Waals surface area contributed by atoms with Crippen LogP contribution >= 0.6 is 23.2 Å². The van der Waals surface area contributed by atoms with Crippen molar-refractivity contribution in [2.24, 2.45) is 0 Å². The molecule has 1 unspecified atom stereocenters. The number of carbonyl (C=O) groups excluding carboxylic acids is 2. The van der Waals surface area contributed by atoms with Gasteiger partial charge in [-0.25, -0.2) is 4.39 Å². The number of aryl methyl sites for hydroxylation is 1. The summed E-state index contributed by atoms with van der Waals surface area (Å²) < 4.78 is 24.1. The standard InChI is InChI=1S/C27H22Cl2FNO5/c1-14-5-4-6-16(11-14)22-20(23(32)18-12-19(28)26(36-3)21(29)25(18)35-2)24(33)27(34)31(22)13-15-7-9-17(30)10-8-15/h4-12,22,32H,13H2,1-3H3/b23-20+. The topological polar surface area (TPSA) is 76.1 Å². The largest absolute Gasteiger partial charge is 0.507 e. The molecule has 1 saturated heterocycles. The number of ether oxygens (including phenoxy) is 2. The van der Waals surface area contributed by atoms with Crippen molar-refractivity contribution in [2.45, 2.75) is 19.5 Å². The number of likely N-dealkylation sites (tertiary alicyclic amines) is 1. The Kier molecular flexibility index (Phi) is 7.24. The van der Waals surface area contributed by atoms with Gasteiger partial charge >= 0.3 is 0 Å².